The van der Waals surface area contributed by atoms with E-state index in [0.29, 0.717) is 0 Å². The maximum atomic E-state index is 2.31. The Morgan fingerprint density at radius 3 is 0.609 bits per heavy atom. The van der Waals surface area contributed by atoms with E-state index in [1.807, 2.05) is 23.5 Å². The molecule has 0 aliphatic rings. The van der Waals surface area contributed by atoms with Crippen LogP contribution in [0.25, 0.3) is 0 Å². The third-order valence-electron chi connectivity index (χ3n) is 14.4. The van der Waals surface area contributed by atoms with Gasteiger partial charge < -0.3 is 0 Å². The number of rotatable bonds is 15. The van der Waals surface area contributed by atoms with Gasteiger partial charge in [-0.15, -0.1) is 0 Å². The molecule has 0 aromatic heterocycles. The molecule has 0 aliphatic carbocycles. The summed E-state index contributed by atoms with van der Waals surface area (Å²) in [6.45, 7) is 17.5. The van der Waals surface area contributed by atoms with Crippen molar-refractivity contribution in [2.24, 2.45) is 0 Å². The summed E-state index contributed by atoms with van der Waals surface area (Å²) in [5, 5.41) is 0. The topological polar surface area (TPSA) is 0 Å². The van der Waals surface area contributed by atoms with Crippen LogP contribution in [0.1, 0.15) is 54.2 Å². The summed E-state index contributed by atoms with van der Waals surface area (Å²) in [7, 11) is -0.307. The predicted octanol–water partition coefficient (Wildman–Crippen LogP) is 23.6. The fourth-order valence-electron chi connectivity index (χ4n) is 9.49. The van der Waals surface area contributed by atoms with Crippen LogP contribution in [0.15, 0.2) is 383 Å². The van der Waals surface area contributed by atoms with Gasteiger partial charge in [0.05, 0.1) is 32.7 Å². The third-order valence-corrected chi connectivity index (χ3v) is 24.1. The first-order valence-electron chi connectivity index (χ1n) is 29.4. The molecule has 6 heteroatoms. The Balaban J connectivity index is 0.000000145. The predicted molar refractivity (Wildman–Crippen MR) is 379 cm³/mol. The highest BCUT2D eigenvalue weighted by Crippen LogP contribution is 2.38. The monoisotopic (exact) mass is 1240 g/mol. The molecule has 0 aliphatic heterocycles. The molecule has 1 unspecified atom stereocenters. The van der Waals surface area contributed by atoms with Crippen molar-refractivity contribution in [3.8, 4) is 0 Å². The number of hydrogen-bond donors (Lipinski definition) is 0. The van der Waals surface area contributed by atoms with Crippen molar-refractivity contribution in [2.45, 2.75) is 134 Å². The van der Waals surface area contributed by atoms with Gasteiger partial charge in [0.1, 0.15) is 0 Å². The molecule has 0 fully saturated rings. The second-order valence-electron chi connectivity index (χ2n) is 22.4. The first-order valence-corrected chi connectivity index (χ1v) is 35.6. The molecule has 0 amide bonds. The fraction of sp³-hybridized carbons (Fsp3) is 0.111. The minimum atomic E-state index is -0.114. The Labute approximate surface area is 540 Å². The molecule has 12 aromatic rings. The average molecular weight is 1240 g/mol. The minimum Gasteiger partial charge on any atom is -0.0901 e. The van der Waals surface area contributed by atoms with E-state index in [4.69, 9.17) is 0 Å². The lowest BCUT2D eigenvalue weighted by Crippen LogP contribution is -2.11. The van der Waals surface area contributed by atoms with Gasteiger partial charge in [0.25, 0.3) is 0 Å². The molecule has 87 heavy (non-hydrogen) atoms. The summed E-state index contributed by atoms with van der Waals surface area (Å²) < 4.78 is 0. The molecule has 12 aromatic carbocycles. The van der Waals surface area contributed by atoms with Gasteiger partial charge in [0, 0.05) is 29.4 Å². The summed E-state index contributed by atoms with van der Waals surface area (Å²) in [6.07, 6.45) is 0. The van der Waals surface area contributed by atoms with Crippen LogP contribution in [0.2, 0.25) is 0 Å². The van der Waals surface area contributed by atoms with Crippen LogP contribution in [-0.2, 0) is 38.1 Å². The van der Waals surface area contributed by atoms with Gasteiger partial charge in [-0.1, -0.05) is 211 Å². The number of benzene rings is 12. The molecule has 0 heterocycles. The molecular weight excluding hydrogens is 1170 g/mol. The van der Waals surface area contributed by atoms with Gasteiger partial charge in [-0.05, 0) is 228 Å². The zero-order valence-corrected chi connectivity index (χ0v) is 55.8. The highest BCUT2D eigenvalue weighted by atomic mass is 32.2. The van der Waals surface area contributed by atoms with Crippen molar-refractivity contribution in [3.05, 3.63) is 343 Å². The first-order chi connectivity index (χ1) is 42.3. The van der Waals surface area contributed by atoms with Crippen molar-refractivity contribution in [1.82, 2.24) is 0 Å². The lowest BCUT2D eigenvalue weighted by Gasteiger charge is -2.19. The SMILES string of the molecule is CC(C)(C)c1ccc([S+](c2ccccc2)c2ccc(Sc3ccccc3)cc2)cc1.Cc1ccc(Sc2ccc([S+](c3ccc(C)cc3)c3ccc(C)cc3)cc2)cc1.Cc1ccc([S+](c2ccc(C)cc2)c2ccc(Sc3ccccc3)cc2)cc1. The van der Waals surface area contributed by atoms with Crippen LogP contribution in [0.3, 0.4) is 0 Å². The molecule has 0 N–H and O–H groups in total. The van der Waals surface area contributed by atoms with Crippen LogP contribution in [0.5, 0.6) is 0 Å². The Morgan fingerprint density at radius 1 is 0.195 bits per heavy atom. The summed E-state index contributed by atoms with van der Waals surface area (Å²) in [5.74, 6) is 0. The van der Waals surface area contributed by atoms with Crippen LogP contribution >= 0.6 is 35.3 Å². The summed E-state index contributed by atoms with van der Waals surface area (Å²) in [5.41, 5.74) is 8.02. The second kappa shape index (κ2) is 30.6. The molecule has 0 nitrogen and oxygen atoms in total. The van der Waals surface area contributed by atoms with Crippen molar-refractivity contribution in [2.75, 3.05) is 0 Å². The Morgan fingerprint density at radius 2 is 0.368 bits per heavy atom. The van der Waals surface area contributed by atoms with Gasteiger partial charge in [-0.2, -0.15) is 0 Å². The van der Waals surface area contributed by atoms with Crippen LogP contribution in [0.4, 0.5) is 0 Å². The van der Waals surface area contributed by atoms with Gasteiger partial charge in [0.2, 0.25) is 0 Å². The highest BCUT2D eigenvalue weighted by molar-refractivity contribution is 8.00. The van der Waals surface area contributed by atoms with Gasteiger partial charge in [0.15, 0.2) is 44.1 Å². The zero-order valence-electron chi connectivity index (χ0n) is 50.9. The van der Waals surface area contributed by atoms with Gasteiger partial charge in [-0.25, -0.2) is 0 Å². The molecule has 0 saturated carbocycles. The molecular formula is C81H75S6+3. The molecule has 0 spiro atoms. The largest absolute Gasteiger partial charge is 0.166 e. The van der Waals surface area contributed by atoms with Gasteiger partial charge >= 0.3 is 0 Å². The van der Waals surface area contributed by atoms with Crippen molar-refractivity contribution in [3.63, 3.8) is 0 Å². The zero-order chi connectivity index (χ0) is 60.5. The molecule has 1 atom stereocenters. The Kier molecular flexibility index (Phi) is 22.1. The van der Waals surface area contributed by atoms with Crippen molar-refractivity contribution >= 4 is 68.0 Å². The van der Waals surface area contributed by atoms with E-state index in [0.717, 1.165) is 0 Å². The van der Waals surface area contributed by atoms with Crippen molar-refractivity contribution in [1.29, 1.82) is 0 Å². The number of aryl methyl sites for hydroxylation is 5. The Bertz CT molecular complexity index is 3910. The van der Waals surface area contributed by atoms with E-state index in [9.17, 15) is 0 Å². The standard InChI is InChI=1S/C28H27S2.C27H25S2.C26H23S2/c1-28(2,3)22-14-18-26(19-15-22)30(25-12-8-5-9-13-25)27-20-16-24(17-21-27)29-23-10-6-4-7-11-23;1-20-4-10-23(11-5-20)28-24-12-18-27(19-13-24)29(25-14-6-21(2)7-15-25)26-16-8-22(3)9-17-26;1-20-8-14-24(15-9-20)28(25-16-10-21(2)11-17-25)26-18-12-23(13-19-26)27-22-6-4-3-5-7-22/h4-21H,1-3H3;4-19H,1-3H3;3-19H,1-2H3/q3*+1. The van der Waals surface area contributed by atoms with E-state index in [2.05, 4.69) is 365 Å². The fourth-order valence-corrected chi connectivity index (χ4v) is 18.1. The molecule has 0 bridgehead atoms. The molecule has 0 saturated heterocycles. The number of hydrogen-bond acceptors (Lipinski definition) is 3. The molecule has 0 radical (unpaired) electrons. The molecule has 12 rings (SSSR count). The van der Waals surface area contributed by atoms with Gasteiger partial charge in [-0.3, -0.25) is 0 Å². The average Bonchev–Trinajstić information content (AvgIpc) is 3.15. The van der Waals surface area contributed by atoms with E-state index < -0.39 is 0 Å². The lowest BCUT2D eigenvalue weighted by molar-refractivity contribution is 0.589. The highest BCUT2D eigenvalue weighted by Gasteiger charge is 2.31. The van der Waals surface area contributed by atoms with Crippen molar-refractivity contribution < 1.29 is 0 Å². The van der Waals surface area contributed by atoms with Crippen LogP contribution in [0, 0.1) is 34.6 Å². The van der Waals surface area contributed by atoms with E-state index in [1.54, 1.807) is 11.8 Å². The van der Waals surface area contributed by atoms with Crippen LogP contribution in [-0.4, -0.2) is 0 Å². The van der Waals surface area contributed by atoms with E-state index >= 15 is 0 Å². The summed E-state index contributed by atoms with van der Waals surface area (Å²) >= 11 is 5.43. The smallest absolute Gasteiger partial charge is 0.0901 e. The first kappa shape index (κ1) is 62.8. The normalized spacial score (nSPS) is 11.5. The van der Waals surface area contributed by atoms with Crippen LogP contribution < -0.4 is 0 Å². The minimum absolute atomic E-state index is 0.0952. The lowest BCUT2D eigenvalue weighted by atomic mass is 9.87. The summed E-state index contributed by atoms with van der Waals surface area (Å²) in [6, 6.07) is 113. The Hall–Kier alpha value is -7.26. The van der Waals surface area contributed by atoms with E-state index in [1.165, 1.54) is 107 Å². The quantitative estimate of drug-likeness (QED) is 0.0939. The maximum absolute atomic E-state index is 2.31. The molecule has 432 valence electrons. The third kappa shape index (κ3) is 17.9. The second-order valence-corrected chi connectivity index (χ2v) is 31.9. The van der Waals surface area contributed by atoms with E-state index in [-0.39, 0.29) is 38.1 Å². The summed E-state index contributed by atoms with van der Waals surface area (Å²) in [4.78, 5) is 19.8. The maximum Gasteiger partial charge on any atom is 0.166 e.